The van der Waals surface area contributed by atoms with E-state index in [-0.39, 0.29) is 29.6 Å². The second kappa shape index (κ2) is 7.76. The fourth-order valence-electron chi connectivity index (χ4n) is 4.70. The number of hydrogen-bond donors (Lipinski definition) is 2. The maximum absolute atomic E-state index is 13.0. The van der Waals surface area contributed by atoms with E-state index in [2.05, 4.69) is 16.3 Å². The van der Waals surface area contributed by atoms with Gasteiger partial charge >= 0.3 is 0 Å². The number of hydrogen-bond acceptors (Lipinski definition) is 5. The van der Waals surface area contributed by atoms with Crippen molar-refractivity contribution in [3.05, 3.63) is 46.5 Å². The Kier molecular flexibility index (Phi) is 5.31. The van der Waals surface area contributed by atoms with E-state index in [9.17, 15) is 9.59 Å². The van der Waals surface area contributed by atoms with Gasteiger partial charge in [0.1, 0.15) is 5.82 Å². The van der Waals surface area contributed by atoms with E-state index in [1.807, 2.05) is 23.1 Å². The molecule has 0 bridgehead atoms. The second-order valence-corrected chi connectivity index (χ2v) is 8.40. The largest absolute Gasteiger partial charge is 0.369 e. The molecule has 1 aromatic heterocycles. The van der Waals surface area contributed by atoms with E-state index in [1.54, 1.807) is 4.57 Å². The molecule has 2 amide bonds. The third-order valence-electron chi connectivity index (χ3n) is 6.36. The van der Waals surface area contributed by atoms with Crippen LogP contribution in [0.4, 0.5) is 0 Å². The average Bonchev–Trinajstić information content (AvgIpc) is 3.11. The first-order chi connectivity index (χ1) is 13.9. The zero-order chi connectivity index (χ0) is 20.6. The average molecular weight is 417 g/mol. The fraction of sp³-hybridized carbons (Fsp3) is 0.500. The Morgan fingerprint density at radius 1 is 1.24 bits per heavy atom. The summed E-state index contributed by atoms with van der Waals surface area (Å²) in [6.07, 6.45) is 3.54. The van der Waals surface area contributed by atoms with Crippen LogP contribution in [0.25, 0.3) is 0 Å². The number of halogens is 1. The molecule has 1 aromatic carbocycles. The van der Waals surface area contributed by atoms with E-state index >= 15 is 0 Å². The van der Waals surface area contributed by atoms with Gasteiger partial charge in [-0.1, -0.05) is 23.7 Å². The minimum atomic E-state index is -0.485. The Bertz CT molecular complexity index is 935. The summed E-state index contributed by atoms with van der Waals surface area (Å²) >= 11 is 6.20. The van der Waals surface area contributed by atoms with Gasteiger partial charge in [0, 0.05) is 36.1 Å². The highest BCUT2D eigenvalue weighted by molar-refractivity contribution is 6.30. The molecule has 1 saturated carbocycles. The predicted octanol–water partition coefficient (Wildman–Crippen LogP) is 1.25. The maximum atomic E-state index is 13.0. The van der Waals surface area contributed by atoms with Crippen LogP contribution >= 0.6 is 11.6 Å². The Morgan fingerprint density at radius 2 is 2.00 bits per heavy atom. The first kappa shape index (κ1) is 19.8. The molecule has 4 N–H and O–H groups in total. The SMILES string of the molecule is NC[C@]1(c2cccc(Cl)c2)CC[C@H](N2CCn3c(CC(N)=O)nnc3C2=O)CC1. The first-order valence-electron chi connectivity index (χ1n) is 9.91. The van der Waals surface area contributed by atoms with E-state index in [0.29, 0.717) is 25.5 Å². The molecule has 0 radical (unpaired) electrons. The summed E-state index contributed by atoms with van der Waals surface area (Å²) < 4.78 is 1.71. The normalized spacial score (nSPS) is 24.4. The highest BCUT2D eigenvalue weighted by Gasteiger charge is 2.40. The van der Waals surface area contributed by atoms with Gasteiger partial charge in [0.2, 0.25) is 11.7 Å². The Labute approximate surface area is 174 Å². The van der Waals surface area contributed by atoms with E-state index < -0.39 is 5.91 Å². The summed E-state index contributed by atoms with van der Waals surface area (Å²) in [7, 11) is 0. The van der Waals surface area contributed by atoms with Gasteiger partial charge in [-0.3, -0.25) is 9.59 Å². The molecular formula is C20H25ClN6O2. The van der Waals surface area contributed by atoms with Gasteiger partial charge in [-0.05, 0) is 43.4 Å². The molecule has 0 unspecified atom stereocenters. The lowest BCUT2D eigenvalue weighted by Gasteiger charge is -2.44. The van der Waals surface area contributed by atoms with Crippen molar-refractivity contribution in [2.24, 2.45) is 11.5 Å². The van der Waals surface area contributed by atoms with Gasteiger partial charge in [-0.15, -0.1) is 10.2 Å². The van der Waals surface area contributed by atoms with Crippen LogP contribution in [0.2, 0.25) is 5.02 Å². The maximum Gasteiger partial charge on any atom is 0.292 e. The zero-order valence-corrected chi connectivity index (χ0v) is 16.9. The predicted molar refractivity (Wildman–Crippen MR) is 108 cm³/mol. The molecule has 1 fully saturated rings. The summed E-state index contributed by atoms with van der Waals surface area (Å²) in [6.45, 7) is 1.70. The molecule has 0 atom stereocenters. The standard InChI is InChI=1S/C20H25ClN6O2/c21-14-3-1-2-13(10-14)20(12-22)6-4-15(5-7-20)26-8-9-27-17(11-16(23)28)24-25-18(27)19(26)29/h1-3,10,15H,4-9,11-12,22H2,(H2,23,28)/t15-,20-. The molecule has 2 aliphatic rings. The van der Waals surface area contributed by atoms with E-state index in [4.69, 9.17) is 23.1 Å². The van der Waals surface area contributed by atoms with Gasteiger partial charge in [0.05, 0.1) is 6.42 Å². The highest BCUT2D eigenvalue weighted by Crippen LogP contribution is 2.41. The third kappa shape index (κ3) is 3.62. The summed E-state index contributed by atoms with van der Waals surface area (Å²) in [5.74, 6) is 0.124. The number of primary amides is 1. The smallest absolute Gasteiger partial charge is 0.292 e. The number of aromatic nitrogens is 3. The van der Waals surface area contributed by atoms with Gasteiger partial charge in [-0.2, -0.15) is 0 Å². The molecular weight excluding hydrogens is 392 g/mol. The molecule has 8 nitrogen and oxygen atoms in total. The van der Waals surface area contributed by atoms with Crippen molar-refractivity contribution in [3.63, 3.8) is 0 Å². The van der Waals surface area contributed by atoms with Crippen LogP contribution in [0.1, 0.15) is 47.7 Å². The summed E-state index contributed by atoms with van der Waals surface area (Å²) in [5.41, 5.74) is 12.5. The van der Waals surface area contributed by atoms with Crippen molar-refractivity contribution < 1.29 is 9.59 Å². The number of benzene rings is 1. The number of carbonyl (C=O) groups is 2. The molecule has 0 saturated heterocycles. The van der Waals surface area contributed by atoms with Crippen LogP contribution in [0.15, 0.2) is 24.3 Å². The Morgan fingerprint density at radius 3 is 2.66 bits per heavy atom. The monoisotopic (exact) mass is 416 g/mol. The highest BCUT2D eigenvalue weighted by atomic mass is 35.5. The molecule has 9 heteroatoms. The van der Waals surface area contributed by atoms with Gasteiger partial charge in [0.15, 0.2) is 0 Å². The second-order valence-electron chi connectivity index (χ2n) is 7.96. The number of rotatable bonds is 5. The van der Waals surface area contributed by atoms with Crippen LogP contribution in [0, 0.1) is 0 Å². The Balaban J connectivity index is 1.48. The van der Waals surface area contributed by atoms with Crippen molar-refractivity contribution in [1.29, 1.82) is 0 Å². The van der Waals surface area contributed by atoms with Crippen molar-refractivity contribution in [2.45, 2.75) is 50.1 Å². The van der Waals surface area contributed by atoms with Crippen molar-refractivity contribution in [1.82, 2.24) is 19.7 Å². The van der Waals surface area contributed by atoms with Crippen molar-refractivity contribution >= 4 is 23.4 Å². The number of nitrogens with zero attached hydrogens (tertiary/aromatic N) is 4. The summed E-state index contributed by atoms with van der Waals surface area (Å²) in [6, 6.07) is 8.07. The van der Waals surface area contributed by atoms with E-state index in [0.717, 1.165) is 30.7 Å². The number of nitrogens with two attached hydrogens (primary N) is 2. The molecule has 0 spiro atoms. The molecule has 2 heterocycles. The van der Waals surface area contributed by atoms with E-state index in [1.165, 1.54) is 5.56 Å². The lowest BCUT2D eigenvalue weighted by atomic mass is 9.68. The van der Waals surface area contributed by atoms with Crippen LogP contribution in [-0.2, 0) is 23.2 Å². The lowest BCUT2D eigenvalue weighted by molar-refractivity contribution is -0.117. The first-order valence-corrected chi connectivity index (χ1v) is 10.3. The lowest BCUT2D eigenvalue weighted by Crippen LogP contribution is -2.51. The van der Waals surface area contributed by atoms with Crippen molar-refractivity contribution in [2.75, 3.05) is 13.1 Å². The minimum Gasteiger partial charge on any atom is -0.369 e. The molecule has 1 aliphatic heterocycles. The number of carbonyl (C=O) groups excluding carboxylic acids is 2. The minimum absolute atomic E-state index is 0.0115. The molecule has 154 valence electrons. The topological polar surface area (TPSA) is 120 Å². The molecule has 4 rings (SSSR count). The van der Waals surface area contributed by atoms with Crippen LogP contribution in [0.3, 0.4) is 0 Å². The number of amides is 2. The van der Waals surface area contributed by atoms with Crippen LogP contribution < -0.4 is 11.5 Å². The number of fused-ring (bicyclic) bond motifs is 1. The Hall–Kier alpha value is -2.45. The van der Waals surface area contributed by atoms with Gasteiger partial charge in [0.25, 0.3) is 5.91 Å². The van der Waals surface area contributed by atoms with Gasteiger partial charge < -0.3 is 20.9 Å². The molecule has 29 heavy (non-hydrogen) atoms. The fourth-order valence-corrected chi connectivity index (χ4v) is 4.89. The zero-order valence-electron chi connectivity index (χ0n) is 16.2. The molecule has 1 aliphatic carbocycles. The summed E-state index contributed by atoms with van der Waals surface area (Å²) in [4.78, 5) is 26.1. The van der Waals surface area contributed by atoms with Crippen LogP contribution in [-0.4, -0.2) is 50.6 Å². The third-order valence-corrected chi connectivity index (χ3v) is 6.59. The molecule has 2 aromatic rings. The quantitative estimate of drug-likeness (QED) is 0.760. The van der Waals surface area contributed by atoms with Gasteiger partial charge in [-0.25, -0.2) is 0 Å². The summed E-state index contributed by atoms with van der Waals surface area (Å²) in [5, 5.41) is 8.72. The van der Waals surface area contributed by atoms with Crippen LogP contribution in [0.5, 0.6) is 0 Å². The van der Waals surface area contributed by atoms with Crippen molar-refractivity contribution in [3.8, 4) is 0 Å².